The molecule has 0 saturated heterocycles. The van der Waals surface area contributed by atoms with Crippen molar-refractivity contribution in [3.05, 3.63) is 12.2 Å². The Labute approximate surface area is 526 Å². The Kier molecular flexibility index (Phi) is 66.1. The zero-order chi connectivity index (χ0) is 61.2. The highest BCUT2D eigenvalue weighted by Crippen LogP contribution is 2.38. The van der Waals surface area contributed by atoms with Gasteiger partial charge in [-0.15, -0.1) is 0 Å². The summed E-state index contributed by atoms with van der Waals surface area (Å²) in [6.07, 6.45) is 86.0. The van der Waals surface area contributed by atoms with E-state index in [-0.39, 0.29) is 19.1 Å². The van der Waals surface area contributed by atoms with E-state index in [9.17, 15) is 19.4 Å². The Morgan fingerprint density at radius 2 is 0.655 bits per heavy atom. The lowest BCUT2D eigenvalue weighted by Gasteiger charge is -2.30. The number of rotatable bonds is 72. The Balaban J connectivity index is 3.94. The van der Waals surface area contributed by atoms with Crippen molar-refractivity contribution in [1.82, 2.24) is 5.32 Å². The average molecular weight is 1210 g/mol. The lowest BCUT2D eigenvalue weighted by molar-refractivity contribution is -0.870. The SMILES string of the molecule is CCCCCCCCCC/C=C\CCCCCCCCCCCCCCCCCCCCCCCC(=O)NC(COP(=O)([O-])OCC[N+](C)(C)C)C(O)CCCCCCCCCCCCCCCCCCCCCCCCCCCCCCC. The van der Waals surface area contributed by atoms with Crippen LogP contribution in [0.1, 0.15) is 412 Å². The van der Waals surface area contributed by atoms with Gasteiger partial charge in [-0.3, -0.25) is 9.36 Å². The van der Waals surface area contributed by atoms with Gasteiger partial charge in [0.05, 0.1) is 39.9 Å². The second kappa shape index (κ2) is 66.7. The fourth-order valence-electron chi connectivity index (χ4n) is 12.1. The van der Waals surface area contributed by atoms with E-state index in [0.29, 0.717) is 23.9 Å². The molecule has 0 aromatic rings. The summed E-state index contributed by atoms with van der Waals surface area (Å²) in [5.74, 6) is -0.154. The highest BCUT2D eigenvalue weighted by molar-refractivity contribution is 7.45. The van der Waals surface area contributed by atoms with E-state index >= 15 is 0 Å². The fourth-order valence-corrected chi connectivity index (χ4v) is 12.8. The van der Waals surface area contributed by atoms with Gasteiger partial charge in [-0.2, -0.15) is 0 Å². The molecule has 0 spiro atoms. The number of phosphoric ester groups is 1. The number of hydrogen-bond acceptors (Lipinski definition) is 6. The number of likely N-dealkylation sites (N-methyl/N-ethyl adjacent to an activating group) is 1. The van der Waals surface area contributed by atoms with E-state index in [0.717, 1.165) is 38.5 Å². The Bertz CT molecular complexity index is 1370. The normalized spacial score (nSPS) is 13.6. The van der Waals surface area contributed by atoms with Crippen LogP contribution in [-0.2, 0) is 18.4 Å². The minimum atomic E-state index is -4.58. The number of allylic oxidation sites excluding steroid dienone is 2. The van der Waals surface area contributed by atoms with Gasteiger partial charge in [0, 0.05) is 6.42 Å². The van der Waals surface area contributed by atoms with Gasteiger partial charge in [-0.1, -0.05) is 379 Å². The number of nitrogens with zero attached hydrogens (tertiary/aromatic N) is 1. The Morgan fingerprint density at radius 1 is 0.405 bits per heavy atom. The molecule has 0 heterocycles. The van der Waals surface area contributed by atoms with Crippen molar-refractivity contribution in [1.29, 1.82) is 0 Å². The zero-order valence-corrected chi connectivity index (χ0v) is 58.5. The van der Waals surface area contributed by atoms with Gasteiger partial charge in [0.15, 0.2) is 0 Å². The Morgan fingerprint density at radius 3 is 0.929 bits per heavy atom. The number of unbranched alkanes of at least 4 members (excludes halogenated alkanes) is 57. The lowest BCUT2D eigenvalue weighted by Crippen LogP contribution is -2.46. The van der Waals surface area contributed by atoms with Gasteiger partial charge < -0.3 is 28.8 Å². The van der Waals surface area contributed by atoms with Crippen molar-refractivity contribution in [3.63, 3.8) is 0 Å². The first-order valence-electron chi connectivity index (χ1n) is 38.0. The summed E-state index contributed by atoms with van der Waals surface area (Å²) < 4.78 is 23.6. The molecule has 0 radical (unpaired) electrons. The molecule has 84 heavy (non-hydrogen) atoms. The van der Waals surface area contributed by atoms with Crippen LogP contribution in [0.5, 0.6) is 0 Å². The minimum Gasteiger partial charge on any atom is -0.756 e. The number of carbonyl (C=O) groups excluding carboxylic acids is 1. The van der Waals surface area contributed by atoms with Gasteiger partial charge in [0.2, 0.25) is 5.91 Å². The third-order valence-electron chi connectivity index (χ3n) is 18.0. The number of phosphoric acid groups is 1. The van der Waals surface area contributed by atoms with E-state index in [1.165, 1.54) is 347 Å². The van der Waals surface area contributed by atoms with Crippen LogP contribution in [0.2, 0.25) is 0 Å². The van der Waals surface area contributed by atoms with Crippen LogP contribution in [-0.4, -0.2) is 68.5 Å². The van der Waals surface area contributed by atoms with E-state index in [4.69, 9.17) is 9.05 Å². The molecular weight excluding hydrogens is 1060 g/mol. The maximum atomic E-state index is 13.1. The summed E-state index contributed by atoms with van der Waals surface area (Å²) in [6.45, 7) is 4.80. The molecule has 3 atom stereocenters. The predicted molar refractivity (Wildman–Crippen MR) is 367 cm³/mol. The minimum absolute atomic E-state index is 0.0162. The van der Waals surface area contributed by atoms with Crippen LogP contribution in [0.3, 0.4) is 0 Å². The second-order valence-electron chi connectivity index (χ2n) is 27.7. The van der Waals surface area contributed by atoms with Crippen molar-refractivity contribution in [2.45, 2.75) is 424 Å². The van der Waals surface area contributed by atoms with Crippen LogP contribution in [0.25, 0.3) is 0 Å². The summed E-state index contributed by atoms with van der Waals surface area (Å²) in [4.78, 5) is 25.7. The Hall–Kier alpha value is -0.760. The first-order valence-corrected chi connectivity index (χ1v) is 39.5. The number of aliphatic hydroxyl groups excluding tert-OH is 1. The van der Waals surface area contributed by atoms with Crippen molar-refractivity contribution in [3.8, 4) is 0 Å². The highest BCUT2D eigenvalue weighted by atomic mass is 31.2. The quantitative estimate of drug-likeness (QED) is 0.0272. The monoisotopic (exact) mass is 1210 g/mol. The smallest absolute Gasteiger partial charge is 0.268 e. The number of carbonyl (C=O) groups is 1. The molecule has 502 valence electrons. The van der Waals surface area contributed by atoms with Crippen molar-refractivity contribution in [2.24, 2.45) is 0 Å². The first-order chi connectivity index (χ1) is 41.0. The zero-order valence-electron chi connectivity index (χ0n) is 57.7. The van der Waals surface area contributed by atoms with Gasteiger partial charge in [0.25, 0.3) is 7.82 Å². The molecule has 2 N–H and O–H groups in total. The molecular formula is C75H151N2O6P. The van der Waals surface area contributed by atoms with E-state index < -0.39 is 20.0 Å². The molecule has 0 aromatic carbocycles. The van der Waals surface area contributed by atoms with Gasteiger partial charge in [0.1, 0.15) is 13.2 Å². The molecule has 0 aromatic heterocycles. The summed E-state index contributed by atoms with van der Waals surface area (Å²) in [7, 11) is 1.33. The highest BCUT2D eigenvalue weighted by Gasteiger charge is 2.24. The van der Waals surface area contributed by atoms with Gasteiger partial charge in [-0.25, -0.2) is 0 Å². The maximum absolute atomic E-state index is 13.1. The van der Waals surface area contributed by atoms with Crippen LogP contribution in [0, 0.1) is 0 Å². The number of nitrogens with one attached hydrogen (secondary N) is 1. The molecule has 3 unspecified atom stereocenters. The molecule has 0 bridgehead atoms. The molecule has 0 fully saturated rings. The van der Waals surface area contributed by atoms with Crippen molar-refractivity contribution in [2.75, 3.05) is 40.9 Å². The third-order valence-corrected chi connectivity index (χ3v) is 19.0. The van der Waals surface area contributed by atoms with Crippen molar-refractivity contribution < 1.29 is 32.9 Å². The average Bonchev–Trinajstić information content (AvgIpc) is 3.56. The molecule has 0 rings (SSSR count). The van der Waals surface area contributed by atoms with E-state index in [1.54, 1.807) is 0 Å². The van der Waals surface area contributed by atoms with Crippen LogP contribution >= 0.6 is 7.82 Å². The molecule has 8 nitrogen and oxygen atoms in total. The van der Waals surface area contributed by atoms with E-state index in [2.05, 4.69) is 31.3 Å². The molecule has 0 aliphatic rings. The van der Waals surface area contributed by atoms with Gasteiger partial charge >= 0.3 is 0 Å². The third kappa shape index (κ3) is 68.7. The second-order valence-corrected chi connectivity index (χ2v) is 29.1. The predicted octanol–water partition coefficient (Wildman–Crippen LogP) is 23.8. The number of aliphatic hydroxyl groups is 1. The van der Waals surface area contributed by atoms with Crippen LogP contribution in [0.4, 0.5) is 0 Å². The number of amides is 1. The van der Waals surface area contributed by atoms with E-state index in [1.807, 2.05) is 21.1 Å². The fraction of sp³-hybridized carbons (Fsp3) is 0.960. The summed E-state index contributed by atoms with van der Waals surface area (Å²) in [6, 6.07) is -0.799. The lowest BCUT2D eigenvalue weighted by atomic mass is 10.0. The molecule has 1 amide bonds. The summed E-state index contributed by atoms with van der Waals surface area (Å²) in [5.41, 5.74) is 0. The van der Waals surface area contributed by atoms with Crippen LogP contribution in [0.15, 0.2) is 12.2 Å². The largest absolute Gasteiger partial charge is 0.756 e. The maximum Gasteiger partial charge on any atom is 0.268 e. The summed E-state index contributed by atoms with van der Waals surface area (Å²) >= 11 is 0. The molecule has 9 heteroatoms. The molecule has 0 saturated carbocycles. The standard InChI is InChI=1S/C75H151N2O6P/c1-6-8-10-12-14-16-18-20-22-24-26-28-30-32-34-36-37-38-39-41-43-45-47-49-51-53-55-57-59-61-63-65-67-69-75(79)76-73(72-83-84(80,81)82-71-70-77(3,4)5)74(78)68-66-64-62-60-58-56-54-52-50-48-46-44-42-40-35-33-31-29-27-25-23-21-19-17-15-13-11-9-7-2/h24,26,73-74,78H,6-23,25,27-72H2,1-5H3,(H-,76,79,80,81)/b26-24-. The molecule has 0 aliphatic heterocycles. The topological polar surface area (TPSA) is 108 Å². The summed E-state index contributed by atoms with van der Waals surface area (Å²) in [5, 5.41) is 14.1. The van der Waals surface area contributed by atoms with Crippen molar-refractivity contribution >= 4 is 13.7 Å². The van der Waals surface area contributed by atoms with Crippen LogP contribution < -0.4 is 10.2 Å². The first kappa shape index (κ1) is 83.2. The molecule has 0 aliphatic carbocycles. The number of quaternary nitrogens is 1. The number of hydrogen-bond donors (Lipinski definition) is 2. The van der Waals surface area contributed by atoms with Gasteiger partial charge in [-0.05, 0) is 38.5 Å².